The molecule has 18 N–H and O–H groups in total. The summed E-state index contributed by atoms with van der Waals surface area (Å²) in [4.78, 5) is 62.3. The van der Waals surface area contributed by atoms with Crippen LogP contribution in [0.2, 0.25) is 0 Å². The predicted molar refractivity (Wildman–Crippen MR) is 203 cm³/mol. The Morgan fingerprint density at radius 2 is 1.14 bits per heavy atom. The Bertz CT molecular complexity index is 1680. The van der Waals surface area contributed by atoms with Gasteiger partial charge in [-0.25, -0.2) is 9.59 Å². The van der Waals surface area contributed by atoms with Crippen LogP contribution in [-0.4, -0.2) is 267 Å². The van der Waals surface area contributed by atoms with Crippen molar-refractivity contribution in [2.24, 2.45) is 0 Å². The molecule has 0 aromatic heterocycles. The molecular weight excluding hydrogens is 906 g/mol. The summed E-state index contributed by atoms with van der Waals surface area (Å²) < 4.78 is 38.8. The van der Waals surface area contributed by atoms with Gasteiger partial charge in [0.1, 0.15) is 85.4 Å². The standard InChI is InChI=1S/C36H59N3O27/c1-10(43)37-19-14(47)5-36(34(58)59,66-29(19)22(49)15(48)6-40)64-17(8-42)24(51)30-20(38-11(2)44)13(46)4-35(65-30,33(56)57)60-9-18-25(52)28(21(31(55)61-18)39-12(3)45)63-32-27(54)26(53)23(50)16(7-41)62-32/h13-32,40-42,46-55H,4-9H2,1-3H3,(H,37,43)(H,38,44)(H,39,45)(H,56,57)(H,58,59)/t13-,14-,15+,16+,17+,18+,19+,20+,21+,22+,23-,24+,25-,26-,27+,28+,29+,30+,31?,32-,35+,36+/m0/s1. The fraction of sp³-hybridized carbons (Fsp3) is 0.861. The Hall–Kier alpha value is -3.45. The number of carboxylic acids is 2. The van der Waals surface area contributed by atoms with Crippen LogP contribution in [0.3, 0.4) is 0 Å². The van der Waals surface area contributed by atoms with E-state index in [1.54, 1.807) is 0 Å². The second-order valence-corrected chi connectivity index (χ2v) is 16.2. The number of aliphatic hydroxyl groups excluding tert-OH is 13. The molecule has 0 aromatic carbocycles. The minimum absolute atomic E-state index is 0.822. The number of ether oxygens (including phenoxy) is 7. The molecular formula is C36H59N3O27. The number of aliphatic hydroxyl groups is 13. The molecule has 3 amide bonds. The van der Waals surface area contributed by atoms with Gasteiger partial charge in [0.05, 0.1) is 50.7 Å². The summed E-state index contributed by atoms with van der Waals surface area (Å²) in [7, 11) is 0. The van der Waals surface area contributed by atoms with E-state index in [-0.39, 0.29) is 0 Å². The Balaban J connectivity index is 1.66. The molecule has 30 heteroatoms. The van der Waals surface area contributed by atoms with E-state index in [1.165, 1.54) is 0 Å². The monoisotopic (exact) mass is 965 g/mol. The van der Waals surface area contributed by atoms with Gasteiger partial charge in [-0.3, -0.25) is 14.4 Å². The summed E-state index contributed by atoms with van der Waals surface area (Å²) in [5, 5.41) is 166. The third-order valence-electron chi connectivity index (χ3n) is 11.4. The Labute approximate surface area is 373 Å². The van der Waals surface area contributed by atoms with Crippen molar-refractivity contribution in [1.82, 2.24) is 16.0 Å². The lowest BCUT2D eigenvalue weighted by molar-refractivity contribution is -0.356. The van der Waals surface area contributed by atoms with Crippen LogP contribution in [0.1, 0.15) is 33.6 Å². The van der Waals surface area contributed by atoms with Crippen molar-refractivity contribution in [2.45, 2.75) is 167 Å². The van der Waals surface area contributed by atoms with Crippen molar-refractivity contribution in [1.29, 1.82) is 0 Å². The van der Waals surface area contributed by atoms with Crippen LogP contribution in [0.4, 0.5) is 0 Å². The van der Waals surface area contributed by atoms with Crippen molar-refractivity contribution in [2.75, 3.05) is 26.4 Å². The summed E-state index contributed by atoms with van der Waals surface area (Å²) in [6.45, 7) is -1.69. The number of rotatable bonds is 19. The Kier molecular flexibility index (Phi) is 19.0. The predicted octanol–water partition coefficient (Wildman–Crippen LogP) is -10.9. The molecule has 380 valence electrons. The van der Waals surface area contributed by atoms with E-state index in [1.807, 2.05) is 0 Å². The molecule has 4 heterocycles. The fourth-order valence-electron chi connectivity index (χ4n) is 8.04. The minimum atomic E-state index is -3.21. The zero-order chi connectivity index (χ0) is 49.7. The second-order valence-electron chi connectivity index (χ2n) is 16.2. The first kappa shape index (κ1) is 55.1. The van der Waals surface area contributed by atoms with Gasteiger partial charge in [-0.15, -0.1) is 0 Å². The average Bonchev–Trinajstić information content (AvgIpc) is 3.24. The van der Waals surface area contributed by atoms with Gasteiger partial charge in [-0.2, -0.15) is 0 Å². The maximum absolute atomic E-state index is 13.0. The number of carbonyl (C=O) groups excluding carboxylic acids is 3. The molecule has 4 aliphatic rings. The number of carbonyl (C=O) groups is 5. The first-order chi connectivity index (χ1) is 30.8. The molecule has 4 fully saturated rings. The molecule has 30 nitrogen and oxygen atoms in total. The smallest absolute Gasteiger partial charge is 0.364 e. The van der Waals surface area contributed by atoms with Crippen molar-refractivity contribution in [3.63, 3.8) is 0 Å². The first-order valence-electron chi connectivity index (χ1n) is 20.3. The lowest BCUT2D eigenvalue weighted by Gasteiger charge is -2.50. The summed E-state index contributed by atoms with van der Waals surface area (Å²) in [6.07, 6.45) is -37.3. The lowest BCUT2D eigenvalue weighted by Crippen LogP contribution is -2.71. The fourth-order valence-corrected chi connectivity index (χ4v) is 8.04. The van der Waals surface area contributed by atoms with Crippen molar-refractivity contribution in [3.8, 4) is 0 Å². The lowest BCUT2D eigenvalue weighted by atomic mass is 9.87. The summed E-state index contributed by atoms with van der Waals surface area (Å²) in [5.41, 5.74) is 0. The van der Waals surface area contributed by atoms with Crippen molar-refractivity contribution >= 4 is 29.7 Å². The van der Waals surface area contributed by atoms with E-state index in [4.69, 9.17) is 33.2 Å². The van der Waals surface area contributed by atoms with Crippen LogP contribution >= 0.6 is 0 Å². The van der Waals surface area contributed by atoms with E-state index in [0.717, 1.165) is 20.8 Å². The number of hydrogen-bond donors (Lipinski definition) is 18. The van der Waals surface area contributed by atoms with E-state index in [9.17, 15) is 101 Å². The molecule has 0 spiro atoms. The van der Waals surface area contributed by atoms with Gasteiger partial charge in [0.15, 0.2) is 12.6 Å². The third-order valence-corrected chi connectivity index (χ3v) is 11.4. The van der Waals surface area contributed by atoms with Crippen LogP contribution in [0, 0.1) is 0 Å². The first-order valence-corrected chi connectivity index (χ1v) is 20.3. The van der Waals surface area contributed by atoms with E-state index in [2.05, 4.69) is 16.0 Å². The number of hydrogen-bond acceptors (Lipinski definition) is 25. The van der Waals surface area contributed by atoms with Crippen LogP contribution in [-0.2, 0) is 57.1 Å². The summed E-state index contributed by atoms with van der Waals surface area (Å²) >= 11 is 0. The molecule has 4 saturated heterocycles. The van der Waals surface area contributed by atoms with Crippen LogP contribution < -0.4 is 16.0 Å². The second kappa shape index (κ2) is 22.8. The van der Waals surface area contributed by atoms with Crippen LogP contribution in [0.5, 0.6) is 0 Å². The van der Waals surface area contributed by atoms with Gasteiger partial charge >= 0.3 is 11.9 Å². The van der Waals surface area contributed by atoms with Gasteiger partial charge in [0, 0.05) is 33.6 Å². The summed E-state index contributed by atoms with van der Waals surface area (Å²) in [5.74, 6) is -13.1. The highest BCUT2D eigenvalue weighted by Gasteiger charge is 2.61. The summed E-state index contributed by atoms with van der Waals surface area (Å²) in [6, 6.07) is -5.20. The molecule has 4 rings (SSSR count). The van der Waals surface area contributed by atoms with Gasteiger partial charge in [0.25, 0.3) is 11.6 Å². The highest BCUT2D eigenvalue weighted by atomic mass is 16.8. The zero-order valence-electron chi connectivity index (χ0n) is 35.4. The Morgan fingerprint density at radius 1 is 0.636 bits per heavy atom. The maximum atomic E-state index is 13.0. The molecule has 0 saturated carbocycles. The number of nitrogens with one attached hydrogen (secondary N) is 3. The van der Waals surface area contributed by atoms with E-state index >= 15 is 0 Å². The molecule has 22 atom stereocenters. The normalized spacial score (nSPS) is 41.4. The highest BCUT2D eigenvalue weighted by Crippen LogP contribution is 2.39. The maximum Gasteiger partial charge on any atom is 0.364 e. The van der Waals surface area contributed by atoms with Gasteiger partial charge in [-0.05, 0) is 0 Å². The van der Waals surface area contributed by atoms with Crippen molar-refractivity contribution in [3.05, 3.63) is 0 Å². The van der Waals surface area contributed by atoms with Crippen molar-refractivity contribution < 1.29 is 134 Å². The highest BCUT2D eigenvalue weighted by molar-refractivity contribution is 5.77. The number of aliphatic carboxylic acids is 2. The third kappa shape index (κ3) is 12.0. The van der Waals surface area contributed by atoms with E-state index in [0.29, 0.717) is 0 Å². The van der Waals surface area contributed by atoms with Crippen LogP contribution in [0.15, 0.2) is 0 Å². The van der Waals surface area contributed by atoms with E-state index < -0.39 is 203 Å². The number of carboxylic acid groups (broad SMARTS) is 2. The van der Waals surface area contributed by atoms with Gasteiger partial charge in [-0.1, -0.05) is 0 Å². The number of amides is 3. The zero-order valence-corrected chi connectivity index (χ0v) is 35.4. The molecule has 0 bridgehead atoms. The molecule has 66 heavy (non-hydrogen) atoms. The topological polar surface area (TPSA) is 490 Å². The Morgan fingerprint density at radius 3 is 1.62 bits per heavy atom. The van der Waals surface area contributed by atoms with Gasteiger partial charge in [0.2, 0.25) is 17.7 Å². The quantitative estimate of drug-likeness (QED) is 0.0571. The molecule has 1 unspecified atom stereocenters. The molecule has 0 aromatic rings. The largest absolute Gasteiger partial charge is 0.477 e. The van der Waals surface area contributed by atoms with Gasteiger partial charge < -0.3 is 126 Å². The van der Waals surface area contributed by atoms with Crippen LogP contribution in [0.25, 0.3) is 0 Å². The average molecular weight is 966 g/mol. The SMILES string of the molecule is CC(=O)N[C@H]1[C@H]([C@H](O)[C@H](O)CO)O[C@@](O[C@H](CO)[C@@H](O)[C@@H]2O[C@@](OC[C@H]3OC(O)[C@H](NC(C)=O)[C@@H](O[C@@H]4O[C@H](CO)[C@H](O)[C@H](O)[C@H]4O)[C@H]3O)(C(=O)O)C[C@H](O)[C@H]2NC(C)=O)(C(=O)O)C[C@@H]1O. The molecule has 0 aliphatic carbocycles. The molecule has 4 aliphatic heterocycles. The minimum Gasteiger partial charge on any atom is -0.477 e. The molecule has 0 radical (unpaired) electrons.